The zero-order valence-corrected chi connectivity index (χ0v) is 4.78. The summed E-state index contributed by atoms with van der Waals surface area (Å²) in [7, 11) is 0. The average molecular weight is 101 g/mol. The lowest BCUT2D eigenvalue weighted by atomic mass is 10.3. The van der Waals surface area contributed by atoms with Crippen LogP contribution in [0.1, 0.15) is 13.3 Å². The van der Waals surface area contributed by atoms with Crippen molar-refractivity contribution in [1.82, 2.24) is 5.32 Å². The molecule has 0 aliphatic rings. The third kappa shape index (κ3) is 5.92. The van der Waals surface area contributed by atoms with Crippen molar-refractivity contribution in [3.8, 4) is 0 Å². The van der Waals surface area contributed by atoms with Gasteiger partial charge in [-0.25, -0.2) is 0 Å². The largest absolute Gasteiger partial charge is 0.318 e. The van der Waals surface area contributed by atoms with E-state index in [0.29, 0.717) is 6.67 Å². The zero-order chi connectivity index (χ0) is 5.54. The second kappa shape index (κ2) is 5.92. The van der Waals surface area contributed by atoms with Crippen molar-refractivity contribution in [2.24, 2.45) is 5.73 Å². The first-order chi connectivity index (χ1) is 3.41. The molecule has 0 aromatic rings. The Morgan fingerprint density at radius 1 is 1.71 bits per heavy atom. The molecule has 0 aliphatic heterocycles. The third-order valence-electron chi connectivity index (χ3n) is 0.754. The molecule has 0 fully saturated rings. The summed E-state index contributed by atoms with van der Waals surface area (Å²) in [6, 6.07) is 0. The van der Waals surface area contributed by atoms with Crippen LogP contribution in [0, 0.1) is 6.42 Å². The molecule has 0 spiro atoms. The zero-order valence-electron chi connectivity index (χ0n) is 4.78. The Morgan fingerprint density at radius 3 is 2.86 bits per heavy atom. The van der Waals surface area contributed by atoms with Crippen LogP contribution in [0.4, 0.5) is 0 Å². The third-order valence-corrected chi connectivity index (χ3v) is 0.754. The smallest absolute Gasteiger partial charge is 0.0428 e. The van der Waals surface area contributed by atoms with Gasteiger partial charge in [-0.2, -0.15) is 0 Å². The van der Waals surface area contributed by atoms with Crippen LogP contribution in [0.5, 0.6) is 0 Å². The predicted molar refractivity (Wildman–Crippen MR) is 31.6 cm³/mol. The molecule has 0 aromatic carbocycles. The Bertz CT molecular complexity index is 25.3. The van der Waals surface area contributed by atoms with E-state index < -0.39 is 0 Å². The minimum absolute atomic E-state index is 0.591. The van der Waals surface area contributed by atoms with Gasteiger partial charge in [0.2, 0.25) is 0 Å². The van der Waals surface area contributed by atoms with Gasteiger partial charge in [0.25, 0.3) is 0 Å². The lowest BCUT2D eigenvalue weighted by Gasteiger charge is -1.94. The number of hydrogen-bond acceptors (Lipinski definition) is 2. The summed E-state index contributed by atoms with van der Waals surface area (Å²) in [6.07, 6.45) is 3.22. The molecule has 0 atom stereocenters. The quantitative estimate of drug-likeness (QED) is 0.389. The van der Waals surface area contributed by atoms with Gasteiger partial charge in [-0.3, -0.25) is 0 Å². The first-order valence-corrected chi connectivity index (χ1v) is 2.60. The molecule has 0 bridgehead atoms. The second-order valence-electron chi connectivity index (χ2n) is 1.40. The van der Waals surface area contributed by atoms with E-state index in [2.05, 4.69) is 11.7 Å². The van der Waals surface area contributed by atoms with Crippen LogP contribution in [0.15, 0.2) is 0 Å². The summed E-state index contributed by atoms with van der Waals surface area (Å²) >= 11 is 0. The van der Waals surface area contributed by atoms with Crippen molar-refractivity contribution in [2.75, 3.05) is 13.2 Å². The lowest BCUT2D eigenvalue weighted by Crippen LogP contribution is -2.22. The van der Waals surface area contributed by atoms with Crippen molar-refractivity contribution < 1.29 is 0 Å². The highest BCUT2D eigenvalue weighted by Crippen LogP contribution is 1.77. The topological polar surface area (TPSA) is 38.0 Å². The average Bonchev–Trinajstić information content (AvgIpc) is 1.69. The monoisotopic (exact) mass is 101 g/mol. The van der Waals surface area contributed by atoms with Crippen LogP contribution in [-0.4, -0.2) is 13.2 Å². The van der Waals surface area contributed by atoms with Gasteiger partial charge in [-0.05, 0) is 19.4 Å². The van der Waals surface area contributed by atoms with Gasteiger partial charge in [0.05, 0.1) is 0 Å². The van der Waals surface area contributed by atoms with Crippen LogP contribution in [-0.2, 0) is 0 Å². The van der Waals surface area contributed by atoms with E-state index in [-0.39, 0.29) is 0 Å². The molecule has 43 valence electrons. The summed E-state index contributed by atoms with van der Waals surface area (Å²) in [5.74, 6) is 0. The molecule has 0 saturated carbocycles. The maximum atomic E-state index is 5.14. The van der Waals surface area contributed by atoms with Crippen LogP contribution in [0.2, 0.25) is 0 Å². The van der Waals surface area contributed by atoms with Crippen molar-refractivity contribution in [2.45, 2.75) is 13.3 Å². The number of nitrogens with two attached hydrogens (primary N) is 1. The van der Waals surface area contributed by atoms with Gasteiger partial charge < -0.3 is 11.1 Å². The highest BCUT2D eigenvalue weighted by atomic mass is 14.9. The van der Waals surface area contributed by atoms with Crippen LogP contribution < -0.4 is 11.1 Å². The van der Waals surface area contributed by atoms with E-state index >= 15 is 0 Å². The Hall–Kier alpha value is -0.0800. The minimum atomic E-state index is 0.591. The van der Waals surface area contributed by atoms with Crippen molar-refractivity contribution in [3.05, 3.63) is 6.42 Å². The van der Waals surface area contributed by atoms with E-state index in [4.69, 9.17) is 5.73 Å². The Kier molecular flexibility index (Phi) is 5.85. The van der Waals surface area contributed by atoms with Gasteiger partial charge >= 0.3 is 0 Å². The van der Waals surface area contributed by atoms with E-state index in [9.17, 15) is 0 Å². The molecule has 2 heteroatoms. The van der Waals surface area contributed by atoms with Gasteiger partial charge in [0.1, 0.15) is 0 Å². The van der Waals surface area contributed by atoms with Crippen LogP contribution in [0.3, 0.4) is 0 Å². The first kappa shape index (κ1) is 6.92. The van der Waals surface area contributed by atoms with Crippen molar-refractivity contribution in [1.29, 1.82) is 0 Å². The predicted octanol–water partition coefficient (Wildman–Crippen LogP) is 0.106. The summed E-state index contributed by atoms with van der Waals surface area (Å²) in [6.45, 7) is 3.64. The molecule has 7 heavy (non-hydrogen) atoms. The SMILES string of the molecule is C[CH]CCNCN. The summed E-state index contributed by atoms with van der Waals surface area (Å²) in [5, 5.41) is 3.00. The fourth-order valence-corrected chi connectivity index (χ4v) is 0.348. The van der Waals surface area contributed by atoms with E-state index in [1.807, 2.05) is 6.92 Å². The van der Waals surface area contributed by atoms with E-state index in [1.54, 1.807) is 0 Å². The summed E-state index contributed by atoms with van der Waals surface area (Å²) in [5.41, 5.74) is 5.14. The van der Waals surface area contributed by atoms with Gasteiger partial charge in [0.15, 0.2) is 0 Å². The fraction of sp³-hybridized carbons (Fsp3) is 0.800. The molecule has 0 rings (SSSR count). The highest BCUT2D eigenvalue weighted by molar-refractivity contribution is 4.56. The summed E-state index contributed by atoms with van der Waals surface area (Å²) < 4.78 is 0. The molecule has 2 nitrogen and oxygen atoms in total. The van der Waals surface area contributed by atoms with Crippen molar-refractivity contribution >= 4 is 0 Å². The Labute approximate surface area is 45.1 Å². The molecular formula is C5H13N2. The lowest BCUT2D eigenvalue weighted by molar-refractivity contribution is 0.696. The standard InChI is InChI=1S/C5H13N2/c1-2-3-4-7-5-6/h2,7H,3-6H2,1H3. The molecule has 0 aromatic heterocycles. The Balaban J connectivity index is 2.45. The van der Waals surface area contributed by atoms with E-state index in [1.165, 1.54) is 0 Å². The van der Waals surface area contributed by atoms with Gasteiger partial charge in [-0.1, -0.05) is 6.92 Å². The molecule has 1 radical (unpaired) electrons. The summed E-state index contributed by atoms with van der Waals surface area (Å²) in [4.78, 5) is 0. The highest BCUT2D eigenvalue weighted by Gasteiger charge is 1.77. The number of hydrogen-bond donors (Lipinski definition) is 2. The van der Waals surface area contributed by atoms with Gasteiger partial charge in [0, 0.05) is 6.67 Å². The molecular weight excluding hydrogens is 88.1 g/mol. The van der Waals surface area contributed by atoms with Crippen LogP contribution >= 0.6 is 0 Å². The molecule has 3 N–H and O–H groups in total. The number of rotatable bonds is 4. The molecule has 0 saturated heterocycles. The maximum absolute atomic E-state index is 5.14. The minimum Gasteiger partial charge on any atom is -0.318 e. The molecule has 0 unspecified atom stereocenters. The molecule has 0 heterocycles. The Morgan fingerprint density at radius 2 is 2.43 bits per heavy atom. The number of nitrogens with one attached hydrogen (secondary N) is 1. The fourth-order valence-electron chi connectivity index (χ4n) is 0.348. The normalized spacial score (nSPS) is 9.43. The maximum Gasteiger partial charge on any atom is 0.0428 e. The molecule has 0 amide bonds. The first-order valence-electron chi connectivity index (χ1n) is 2.60. The number of unbranched alkanes of at least 4 members (excludes halogenated alkanes) is 1. The molecule has 0 aliphatic carbocycles. The van der Waals surface area contributed by atoms with Crippen molar-refractivity contribution in [3.63, 3.8) is 0 Å². The van der Waals surface area contributed by atoms with Crippen LogP contribution in [0.25, 0.3) is 0 Å². The second-order valence-corrected chi connectivity index (χ2v) is 1.40. The van der Waals surface area contributed by atoms with E-state index in [0.717, 1.165) is 13.0 Å². The van der Waals surface area contributed by atoms with Gasteiger partial charge in [-0.15, -0.1) is 0 Å².